The van der Waals surface area contributed by atoms with E-state index in [1.165, 1.54) is 0 Å². The number of rotatable bonds is 2. The van der Waals surface area contributed by atoms with Gasteiger partial charge in [0.15, 0.2) is 0 Å². The van der Waals surface area contributed by atoms with Gasteiger partial charge in [-0.3, -0.25) is 0 Å². The van der Waals surface area contributed by atoms with E-state index in [0.29, 0.717) is 6.42 Å². The van der Waals surface area contributed by atoms with E-state index in [1.54, 1.807) is 19.3 Å². The molecule has 0 amide bonds. The molecular weight excluding hydrogens is 174 g/mol. The highest BCUT2D eigenvalue weighted by Gasteiger charge is 2.14. The lowest BCUT2D eigenvalue weighted by atomic mass is 10.1. The first-order valence-corrected chi connectivity index (χ1v) is 3.76. The van der Waals surface area contributed by atoms with Crippen molar-refractivity contribution in [2.75, 3.05) is 7.11 Å². The zero-order chi connectivity index (χ0) is 9.68. The van der Waals surface area contributed by atoms with Gasteiger partial charge in [0.1, 0.15) is 11.9 Å². The summed E-state index contributed by atoms with van der Waals surface area (Å²) in [7, 11) is 1.57. The van der Waals surface area contributed by atoms with Gasteiger partial charge in [-0.1, -0.05) is 0 Å². The number of hydrogen-bond acceptors (Lipinski definition) is 5. The summed E-state index contributed by atoms with van der Waals surface area (Å²) < 4.78 is 9.71. The van der Waals surface area contributed by atoms with Crippen LogP contribution in [0.5, 0.6) is 0 Å². The lowest BCUT2D eigenvalue weighted by molar-refractivity contribution is 0.0369. The zero-order valence-electron chi connectivity index (χ0n) is 7.23. The summed E-state index contributed by atoms with van der Waals surface area (Å²) in [5, 5.41) is 0. The van der Waals surface area contributed by atoms with E-state index in [0.717, 1.165) is 5.76 Å². The molecule has 1 rings (SSSR count). The van der Waals surface area contributed by atoms with Crippen LogP contribution in [0.2, 0.25) is 0 Å². The van der Waals surface area contributed by atoms with Gasteiger partial charge in [0.05, 0.1) is 7.11 Å². The first-order chi connectivity index (χ1) is 6.26. The van der Waals surface area contributed by atoms with Crippen LogP contribution in [0.15, 0.2) is 24.0 Å². The molecule has 0 bridgehead atoms. The van der Waals surface area contributed by atoms with Gasteiger partial charge in [0.2, 0.25) is 0 Å². The first-order valence-electron chi connectivity index (χ1n) is 3.76. The van der Waals surface area contributed by atoms with Crippen molar-refractivity contribution in [3.05, 3.63) is 24.0 Å². The first kappa shape index (κ1) is 9.60. The molecule has 0 heterocycles. The molecule has 1 unspecified atom stereocenters. The van der Waals surface area contributed by atoms with Gasteiger partial charge in [0, 0.05) is 6.42 Å². The molecule has 0 aliphatic heterocycles. The van der Waals surface area contributed by atoms with Gasteiger partial charge < -0.3 is 14.3 Å². The Morgan fingerprint density at radius 3 is 2.92 bits per heavy atom. The SMILES string of the molecule is COC1=CCC(OC(=O)ON)C=C1. The second-order valence-electron chi connectivity index (χ2n) is 2.43. The minimum absolute atomic E-state index is 0.324. The summed E-state index contributed by atoms with van der Waals surface area (Å²) in [4.78, 5) is 14.4. The third-order valence-electron chi connectivity index (χ3n) is 1.61. The molecule has 5 nitrogen and oxygen atoms in total. The lowest BCUT2D eigenvalue weighted by Gasteiger charge is -2.14. The average molecular weight is 185 g/mol. The van der Waals surface area contributed by atoms with Crippen molar-refractivity contribution in [3.63, 3.8) is 0 Å². The Labute approximate surface area is 75.7 Å². The predicted octanol–water partition coefficient (Wildman–Crippen LogP) is 0.872. The van der Waals surface area contributed by atoms with Crippen LogP contribution in [0.25, 0.3) is 0 Å². The molecule has 13 heavy (non-hydrogen) atoms. The Kier molecular flexibility index (Phi) is 3.33. The molecule has 0 saturated heterocycles. The summed E-state index contributed by atoms with van der Waals surface area (Å²) in [6, 6.07) is 0. The van der Waals surface area contributed by atoms with E-state index < -0.39 is 6.16 Å². The Balaban J connectivity index is 2.39. The van der Waals surface area contributed by atoms with Crippen molar-refractivity contribution in [2.45, 2.75) is 12.5 Å². The second-order valence-corrected chi connectivity index (χ2v) is 2.43. The molecule has 5 heteroatoms. The fourth-order valence-electron chi connectivity index (χ4n) is 0.971. The standard InChI is InChI=1S/C8H11NO4/c1-11-6-2-4-7(5-3-6)12-8(10)13-9/h2-4,7H,5,9H2,1H3. The van der Waals surface area contributed by atoms with Gasteiger partial charge in [0.25, 0.3) is 0 Å². The molecule has 72 valence electrons. The zero-order valence-corrected chi connectivity index (χ0v) is 7.23. The Morgan fingerprint density at radius 1 is 1.69 bits per heavy atom. The number of nitrogens with two attached hydrogens (primary N) is 1. The minimum Gasteiger partial charge on any atom is -0.497 e. The highest BCUT2D eigenvalue weighted by Crippen LogP contribution is 2.13. The van der Waals surface area contributed by atoms with Gasteiger partial charge in [-0.05, 0) is 18.2 Å². The molecule has 0 aromatic rings. The van der Waals surface area contributed by atoms with Crippen LogP contribution in [0.4, 0.5) is 4.79 Å². The van der Waals surface area contributed by atoms with Crippen LogP contribution in [0.3, 0.4) is 0 Å². The fraction of sp³-hybridized carbons (Fsp3) is 0.375. The summed E-state index contributed by atoms with van der Waals surface area (Å²) in [6.07, 6.45) is 4.59. The molecule has 1 aliphatic rings. The highest BCUT2D eigenvalue weighted by atomic mass is 16.8. The summed E-state index contributed by atoms with van der Waals surface area (Å²) in [5.74, 6) is 5.35. The van der Waals surface area contributed by atoms with Gasteiger partial charge in [-0.15, -0.1) is 0 Å². The molecule has 2 N–H and O–H groups in total. The average Bonchev–Trinajstić information content (AvgIpc) is 2.19. The van der Waals surface area contributed by atoms with Crippen molar-refractivity contribution < 1.29 is 19.1 Å². The number of hydrogen-bond donors (Lipinski definition) is 1. The predicted molar refractivity (Wildman–Crippen MR) is 44.4 cm³/mol. The maximum Gasteiger partial charge on any atom is 0.528 e. The molecule has 0 aromatic carbocycles. The Bertz CT molecular complexity index is 247. The van der Waals surface area contributed by atoms with Gasteiger partial charge in [-0.25, -0.2) is 4.79 Å². The molecule has 0 saturated carbocycles. The van der Waals surface area contributed by atoms with Crippen LogP contribution < -0.4 is 5.90 Å². The molecule has 1 aliphatic carbocycles. The Hall–Kier alpha value is -1.49. The maximum absolute atomic E-state index is 10.6. The minimum atomic E-state index is -0.885. The number of ether oxygens (including phenoxy) is 2. The van der Waals surface area contributed by atoms with Crippen molar-refractivity contribution >= 4 is 6.16 Å². The van der Waals surface area contributed by atoms with E-state index in [4.69, 9.17) is 9.47 Å². The van der Waals surface area contributed by atoms with Crippen LogP contribution >= 0.6 is 0 Å². The maximum atomic E-state index is 10.6. The van der Waals surface area contributed by atoms with Gasteiger partial charge >= 0.3 is 6.16 Å². The smallest absolute Gasteiger partial charge is 0.497 e. The van der Waals surface area contributed by atoms with E-state index in [1.807, 2.05) is 6.08 Å². The van der Waals surface area contributed by atoms with Crippen LogP contribution in [-0.2, 0) is 14.3 Å². The van der Waals surface area contributed by atoms with E-state index in [9.17, 15) is 4.79 Å². The number of allylic oxidation sites excluding steroid dienone is 1. The molecule has 0 aromatic heterocycles. The largest absolute Gasteiger partial charge is 0.528 e. The van der Waals surface area contributed by atoms with Crippen LogP contribution in [-0.4, -0.2) is 19.4 Å². The quantitative estimate of drug-likeness (QED) is 0.510. The van der Waals surface area contributed by atoms with E-state index in [-0.39, 0.29) is 6.10 Å². The topological polar surface area (TPSA) is 70.8 Å². The number of carbonyl (C=O) groups excluding carboxylic acids is 1. The molecule has 0 radical (unpaired) electrons. The van der Waals surface area contributed by atoms with Gasteiger partial charge in [-0.2, -0.15) is 5.90 Å². The van der Waals surface area contributed by atoms with Crippen molar-refractivity contribution in [2.24, 2.45) is 5.90 Å². The molecule has 0 fully saturated rings. The summed E-state index contributed by atoms with van der Waals surface area (Å²) in [5.41, 5.74) is 0. The third kappa shape index (κ3) is 2.79. The molecule has 1 atom stereocenters. The normalized spacial score (nSPS) is 20.5. The number of carbonyl (C=O) groups is 1. The van der Waals surface area contributed by atoms with E-state index >= 15 is 0 Å². The fourth-order valence-corrected chi connectivity index (χ4v) is 0.971. The second kappa shape index (κ2) is 4.51. The number of methoxy groups -OCH3 is 1. The Morgan fingerprint density at radius 2 is 2.46 bits per heavy atom. The summed E-state index contributed by atoms with van der Waals surface area (Å²) in [6.45, 7) is 0. The van der Waals surface area contributed by atoms with Crippen LogP contribution in [0.1, 0.15) is 6.42 Å². The van der Waals surface area contributed by atoms with E-state index in [2.05, 4.69) is 10.7 Å². The van der Waals surface area contributed by atoms with Crippen molar-refractivity contribution in [1.82, 2.24) is 0 Å². The van der Waals surface area contributed by atoms with Crippen molar-refractivity contribution in [3.8, 4) is 0 Å². The van der Waals surface area contributed by atoms with Crippen LogP contribution in [0, 0.1) is 0 Å². The van der Waals surface area contributed by atoms with Crippen molar-refractivity contribution in [1.29, 1.82) is 0 Å². The third-order valence-corrected chi connectivity index (χ3v) is 1.61. The monoisotopic (exact) mass is 185 g/mol. The lowest BCUT2D eigenvalue weighted by Crippen LogP contribution is -2.20. The molecular formula is C8H11NO4. The highest BCUT2D eigenvalue weighted by molar-refractivity contribution is 5.59. The molecule has 0 spiro atoms. The summed E-state index contributed by atoms with van der Waals surface area (Å²) >= 11 is 0.